The summed E-state index contributed by atoms with van der Waals surface area (Å²) < 4.78 is 1.08. The second-order valence-corrected chi connectivity index (χ2v) is 10.2. The average Bonchev–Trinajstić information content (AvgIpc) is 2.64. The van der Waals surface area contributed by atoms with Crippen LogP contribution in [0.25, 0.3) is 0 Å². The minimum Gasteiger partial charge on any atom is -0.550 e. The highest BCUT2D eigenvalue weighted by atomic mass is 16.4. The van der Waals surface area contributed by atoms with Crippen molar-refractivity contribution in [2.45, 2.75) is 116 Å². The van der Waals surface area contributed by atoms with E-state index in [1.165, 1.54) is 103 Å². The lowest BCUT2D eigenvalue weighted by atomic mass is 10.0. The minimum absolute atomic E-state index is 0.234. The largest absolute Gasteiger partial charge is 0.550 e. The van der Waals surface area contributed by atoms with Crippen molar-refractivity contribution in [2.24, 2.45) is 0 Å². The number of carboxylic acid groups (broad SMARTS) is 1. The first kappa shape index (κ1) is 31.6. The molecule has 0 heterocycles. The van der Waals surface area contributed by atoms with E-state index in [1.807, 2.05) is 0 Å². The van der Waals surface area contributed by atoms with Crippen LogP contribution in [0.1, 0.15) is 116 Å². The Morgan fingerprint density at radius 2 is 1.03 bits per heavy atom. The summed E-state index contributed by atoms with van der Waals surface area (Å²) >= 11 is 0. The van der Waals surface area contributed by atoms with E-state index in [0.29, 0.717) is 0 Å². The number of unbranched alkanes of at least 4 members (excludes halogenated alkanes) is 14. The Bertz CT molecular complexity index is 351. The molecule has 0 aliphatic rings. The van der Waals surface area contributed by atoms with Gasteiger partial charge in [0.25, 0.3) is 0 Å². The molecule has 0 saturated heterocycles. The minimum atomic E-state index is -0.903. The number of carboxylic acids is 1. The monoisotopic (exact) mass is 428 g/mol. The van der Waals surface area contributed by atoms with Gasteiger partial charge in [-0.05, 0) is 26.9 Å². The maximum absolute atomic E-state index is 10.2. The fourth-order valence-corrected chi connectivity index (χ4v) is 3.50. The molecule has 4 nitrogen and oxygen atoms in total. The highest BCUT2D eigenvalue weighted by Gasteiger charge is 2.05. The normalized spacial score (nSPS) is 11.4. The van der Waals surface area contributed by atoms with Crippen LogP contribution >= 0.6 is 0 Å². The van der Waals surface area contributed by atoms with Gasteiger partial charge in [-0.3, -0.25) is 0 Å². The number of hydrogen-bond donors (Lipinski definition) is 0. The van der Waals surface area contributed by atoms with E-state index in [-0.39, 0.29) is 6.42 Å². The summed E-state index contributed by atoms with van der Waals surface area (Å²) in [6.45, 7) is 4.73. The van der Waals surface area contributed by atoms with Crippen molar-refractivity contribution in [3.8, 4) is 0 Å². The predicted molar refractivity (Wildman–Crippen MR) is 131 cm³/mol. The molecule has 0 aromatic carbocycles. The molecule has 0 N–H and O–H groups in total. The first-order valence-electron chi connectivity index (χ1n) is 12.8. The van der Waals surface area contributed by atoms with Crippen LogP contribution in [0.2, 0.25) is 0 Å². The number of rotatable bonds is 20. The fourth-order valence-electron chi connectivity index (χ4n) is 3.50. The molecule has 4 heteroatoms. The lowest BCUT2D eigenvalue weighted by Crippen LogP contribution is -2.36. The van der Waals surface area contributed by atoms with E-state index in [4.69, 9.17) is 0 Å². The fraction of sp³-hybridized carbons (Fsp3) is 0.962. The van der Waals surface area contributed by atoms with Gasteiger partial charge in [-0.15, -0.1) is 0 Å². The number of carbonyl (C=O) groups is 1. The number of carbonyl (C=O) groups excluding carboxylic acids is 1. The number of hydrogen-bond acceptors (Lipinski definition) is 3. The summed E-state index contributed by atoms with van der Waals surface area (Å²) in [4.78, 5) is 12.5. The molecule has 0 radical (unpaired) electrons. The van der Waals surface area contributed by atoms with Crippen LogP contribution < -0.4 is 5.11 Å². The number of nitrogens with zero attached hydrogens (tertiary/aromatic N) is 2. The van der Waals surface area contributed by atoms with Crippen molar-refractivity contribution in [1.82, 2.24) is 4.90 Å². The zero-order valence-electron chi connectivity index (χ0n) is 21.6. The molecule has 0 amide bonds. The van der Waals surface area contributed by atoms with Crippen LogP contribution in [-0.4, -0.2) is 63.7 Å². The second-order valence-electron chi connectivity index (χ2n) is 10.2. The summed E-state index contributed by atoms with van der Waals surface area (Å²) in [6.07, 6.45) is 21.1. The van der Waals surface area contributed by atoms with E-state index in [0.717, 1.165) is 17.3 Å². The second kappa shape index (κ2) is 23.1. The first-order valence-corrected chi connectivity index (χ1v) is 12.8. The molecule has 0 fully saturated rings. The van der Waals surface area contributed by atoms with E-state index < -0.39 is 5.97 Å². The van der Waals surface area contributed by atoms with Crippen LogP contribution in [0, 0.1) is 0 Å². The van der Waals surface area contributed by atoms with Gasteiger partial charge in [-0.1, -0.05) is 96.8 Å². The van der Waals surface area contributed by atoms with Gasteiger partial charge in [0, 0.05) is 18.9 Å². The van der Waals surface area contributed by atoms with Crippen molar-refractivity contribution >= 4 is 5.97 Å². The molecule has 0 spiro atoms. The SMILES string of the molecule is CCCCCCCCCCCCCCCCCC(=O)[O-].CN(C)CCC[N+](C)(C)C. The molecular formula is C26H56N2O2. The van der Waals surface area contributed by atoms with Gasteiger partial charge in [0.15, 0.2) is 0 Å². The maximum Gasteiger partial charge on any atom is 0.0792 e. The highest BCUT2D eigenvalue weighted by molar-refractivity contribution is 5.63. The molecule has 0 rings (SSSR count). The van der Waals surface area contributed by atoms with Gasteiger partial charge >= 0.3 is 0 Å². The molecule has 0 saturated carbocycles. The van der Waals surface area contributed by atoms with Crippen LogP contribution in [-0.2, 0) is 4.79 Å². The molecule has 0 aromatic heterocycles. The summed E-state index contributed by atoms with van der Waals surface area (Å²) in [5, 5.41) is 10.2. The van der Waals surface area contributed by atoms with Gasteiger partial charge in [0.1, 0.15) is 0 Å². The van der Waals surface area contributed by atoms with Crippen molar-refractivity contribution in [3.63, 3.8) is 0 Å². The number of aliphatic carboxylic acids is 1. The van der Waals surface area contributed by atoms with Crippen LogP contribution in [0.5, 0.6) is 0 Å². The molecule has 0 unspecified atom stereocenters. The third kappa shape index (κ3) is 34.9. The van der Waals surface area contributed by atoms with E-state index in [2.05, 4.69) is 47.1 Å². The smallest absolute Gasteiger partial charge is 0.0792 e. The Morgan fingerprint density at radius 1 is 0.667 bits per heavy atom. The highest BCUT2D eigenvalue weighted by Crippen LogP contribution is 2.13. The van der Waals surface area contributed by atoms with Crippen LogP contribution in [0.4, 0.5) is 0 Å². The van der Waals surface area contributed by atoms with Crippen LogP contribution in [0.15, 0.2) is 0 Å². The molecule has 0 atom stereocenters. The standard InChI is InChI=1S/C18H36O2.C8H21N2/c1-2-3-4-5-6-7-8-9-10-11-12-13-14-15-16-17-18(19)20;1-9(2)7-6-8-10(3,4)5/h2-17H2,1H3,(H,19,20);6-8H2,1-5H3/q;+1/p-1. The van der Waals surface area contributed by atoms with Crippen molar-refractivity contribution in [2.75, 3.05) is 48.3 Å². The zero-order chi connectivity index (χ0) is 23.1. The summed E-state index contributed by atoms with van der Waals surface area (Å²) in [7, 11) is 10.9. The third-order valence-electron chi connectivity index (χ3n) is 5.42. The molecule has 0 aliphatic carbocycles. The van der Waals surface area contributed by atoms with Gasteiger partial charge in [-0.25, -0.2) is 0 Å². The van der Waals surface area contributed by atoms with Crippen LogP contribution in [0.3, 0.4) is 0 Å². The Balaban J connectivity index is 0. The predicted octanol–water partition coefficient (Wildman–Crippen LogP) is 5.64. The first-order chi connectivity index (χ1) is 14.2. The van der Waals surface area contributed by atoms with Gasteiger partial charge in [0.2, 0.25) is 0 Å². The maximum atomic E-state index is 10.2. The molecular weight excluding hydrogens is 372 g/mol. The van der Waals surface area contributed by atoms with Crippen molar-refractivity contribution in [1.29, 1.82) is 0 Å². The Kier molecular flexibility index (Phi) is 24.3. The Hall–Kier alpha value is -0.610. The molecule has 0 aromatic rings. The number of quaternary nitrogens is 1. The van der Waals surface area contributed by atoms with Crippen molar-refractivity contribution in [3.05, 3.63) is 0 Å². The van der Waals surface area contributed by atoms with Gasteiger partial charge in [0.05, 0.1) is 27.7 Å². The summed E-state index contributed by atoms with van der Waals surface area (Å²) in [5.74, 6) is -0.903. The lowest BCUT2D eigenvalue weighted by Gasteiger charge is -2.24. The third-order valence-corrected chi connectivity index (χ3v) is 5.42. The van der Waals surface area contributed by atoms with Gasteiger partial charge < -0.3 is 19.3 Å². The summed E-state index contributed by atoms with van der Waals surface area (Å²) in [6, 6.07) is 0. The average molecular weight is 429 g/mol. The van der Waals surface area contributed by atoms with E-state index in [1.54, 1.807) is 0 Å². The van der Waals surface area contributed by atoms with E-state index in [9.17, 15) is 9.90 Å². The van der Waals surface area contributed by atoms with Crippen molar-refractivity contribution < 1.29 is 14.4 Å². The quantitative estimate of drug-likeness (QED) is 0.186. The Morgan fingerprint density at radius 3 is 1.33 bits per heavy atom. The molecule has 0 bridgehead atoms. The zero-order valence-corrected chi connectivity index (χ0v) is 21.6. The molecule has 30 heavy (non-hydrogen) atoms. The van der Waals surface area contributed by atoms with E-state index >= 15 is 0 Å². The Labute approximate surface area is 190 Å². The van der Waals surface area contributed by atoms with Gasteiger partial charge in [-0.2, -0.15) is 0 Å². The summed E-state index contributed by atoms with van der Waals surface area (Å²) in [5.41, 5.74) is 0. The molecule has 182 valence electrons. The molecule has 0 aliphatic heterocycles. The lowest BCUT2D eigenvalue weighted by molar-refractivity contribution is -0.870. The topological polar surface area (TPSA) is 43.4 Å².